The Hall–Kier alpha value is -1.89. The molecule has 0 heterocycles. The van der Waals surface area contributed by atoms with E-state index in [-0.39, 0.29) is 23.0 Å². The van der Waals surface area contributed by atoms with Crippen molar-refractivity contribution in [2.75, 3.05) is 0 Å². The molecule has 0 spiro atoms. The van der Waals surface area contributed by atoms with Crippen molar-refractivity contribution in [3.8, 4) is 0 Å². The van der Waals surface area contributed by atoms with Crippen molar-refractivity contribution in [1.29, 1.82) is 0 Å². The minimum atomic E-state index is -3.73. The summed E-state index contributed by atoms with van der Waals surface area (Å²) in [7, 11) is -3.73. The first-order valence-electron chi connectivity index (χ1n) is 9.92. The molecule has 1 saturated carbocycles. The number of rotatable bonds is 8. The molecule has 3 rings (SSSR count). The highest BCUT2D eigenvalue weighted by Gasteiger charge is 2.36. The molecule has 0 unspecified atom stereocenters. The van der Waals surface area contributed by atoms with Crippen molar-refractivity contribution in [1.82, 2.24) is 4.31 Å². The fraction of sp³-hybridized carbons (Fsp3) is 0.409. The summed E-state index contributed by atoms with van der Waals surface area (Å²) < 4.78 is 28.7. The topological polar surface area (TPSA) is 74.7 Å². The first-order valence-corrected chi connectivity index (χ1v) is 11.7. The maximum Gasteiger partial charge on any atom is 0.335 e. The zero-order valence-corrected chi connectivity index (χ0v) is 18.0. The Morgan fingerprint density at radius 1 is 1.10 bits per heavy atom. The lowest BCUT2D eigenvalue weighted by atomic mass is 9.95. The van der Waals surface area contributed by atoms with Crippen LogP contribution in [0.3, 0.4) is 0 Å². The van der Waals surface area contributed by atoms with Gasteiger partial charge >= 0.3 is 5.97 Å². The van der Waals surface area contributed by atoms with Crippen molar-refractivity contribution in [3.63, 3.8) is 0 Å². The van der Waals surface area contributed by atoms with Gasteiger partial charge in [-0.25, -0.2) is 13.2 Å². The Labute approximate surface area is 177 Å². The zero-order chi connectivity index (χ0) is 21.0. The van der Waals surface area contributed by atoms with Gasteiger partial charge < -0.3 is 5.11 Å². The molecule has 0 bridgehead atoms. The molecule has 0 aliphatic heterocycles. The van der Waals surface area contributed by atoms with Gasteiger partial charge in [0.15, 0.2) is 0 Å². The van der Waals surface area contributed by atoms with Crippen molar-refractivity contribution >= 4 is 27.6 Å². The van der Waals surface area contributed by atoms with Crippen LogP contribution in [0.25, 0.3) is 0 Å². The van der Waals surface area contributed by atoms with Gasteiger partial charge in [0.1, 0.15) is 0 Å². The predicted octanol–water partition coefficient (Wildman–Crippen LogP) is 5.20. The highest BCUT2D eigenvalue weighted by Crippen LogP contribution is 2.35. The first-order chi connectivity index (χ1) is 13.8. The lowest BCUT2D eigenvalue weighted by molar-refractivity contribution is 0.0697. The van der Waals surface area contributed by atoms with E-state index < -0.39 is 16.0 Å². The van der Waals surface area contributed by atoms with Crippen LogP contribution in [0.4, 0.5) is 0 Å². The van der Waals surface area contributed by atoms with Crippen molar-refractivity contribution in [2.45, 2.75) is 56.5 Å². The van der Waals surface area contributed by atoms with Gasteiger partial charge in [-0.1, -0.05) is 43.5 Å². The van der Waals surface area contributed by atoms with E-state index in [1.165, 1.54) is 12.1 Å². The monoisotopic (exact) mass is 435 g/mol. The van der Waals surface area contributed by atoms with Crippen LogP contribution in [0, 0.1) is 5.92 Å². The molecule has 1 N–H and O–H groups in total. The van der Waals surface area contributed by atoms with E-state index in [0.29, 0.717) is 10.9 Å². The molecule has 0 aromatic heterocycles. The summed E-state index contributed by atoms with van der Waals surface area (Å²) in [5.74, 6) is -0.667. The van der Waals surface area contributed by atoms with Gasteiger partial charge in [-0.3, -0.25) is 0 Å². The summed E-state index contributed by atoms with van der Waals surface area (Å²) in [5, 5.41) is 9.60. The van der Waals surface area contributed by atoms with Crippen LogP contribution in [0.2, 0.25) is 5.02 Å². The van der Waals surface area contributed by atoms with E-state index in [1.807, 2.05) is 6.92 Å². The average Bonchev–Trinajstić information content (AvgIpc) is 3.23. The molecule has 7 heteroatoms. The molecule has 5 nitrogen and oxygen atoms in total. The molecular formula is C22H26ClNO4S. The Morgan fingerprint density at radius 3 is 2.21 bits per heavy atom. The van der Waals surface area contributed by atoms with Gasteiger partial charge in [0.25, 0.3) is 0 Å². The number of benzene rings is 2. The standard InChI is InChI=1S/C22H26ClNO4S/c1-2-21(17-5-3-4-6-17)24(15-16-7-9-18(10-8-16)22(25)26)29(27,28)20-13-11-19(23)12-14-20/h7-14,17,21H,2-6,15H2,1H3,(H,25,26)/t21-/m0/s1. The minimum absolute atomic E-state index is 0.0997. The van der Waals surface area contributed by atoms with Crippen LogP contribution in [0.5, 0.6) is 0 Å². The SMILES string of the molecule is CC[C@@H](C1CCCC1)N(Cc1ccc(C(=O)O)cc1)S(=O)(=O)c1ccc(Cl)cc1. The highest BCUT2D eigenvalue weighted by atomic mass is 35.5. The van der Waals surface area contributed by atoms with Crippen LogP contribution in [0.15, 0.2) is 53.4 Å². The smallest absolute Gasteiger partial charge is 0.335 e. The quantitative estimate of drug-likeness (QED) is 0.618. The Bertz CT molecular complexity index is 936. The number of carboxylic acid groups (broad SMARTS) is 1. The van der Waals surface area contributed by atoms with Gasteiger partial charge in [0, 0.05) is 17.6 Å². The molecule has 2 aromatic carbocycles. The van der Waals surface area contributed by atoms with Crippen molar-refractivity contribution in [2.24, 2.45) is 5.92 Å². The Morgan fingerprint density at radius 2 is 1.69 bits per heavy atom. The molecule has 1 fully saturated rings. The lowest BCUT2D eigenvalue weighted by Crippen LogP contribution is -2.43. The number of nitrogens with zero attached hydrogens (tertiary/aromatic N) is 1. The van der Waals surface area contributed by atoms with Crippen LogP contribution in [0.1, 0.15) is 54.9 Å². The molecule has 1 aliphatic rings. The minimum Gasteiger partial charge on any atom is -0.478 e. The van der Waals surface area contributed by atoms with Gasteiger partial charge in [-0.15, -0.1) is 0 Å². The third-order valence-electron chi connectivity index (χ3n) is 5.69. The number of halogens is 1. The third kappa shape index (κ3) is 5.00. The second kappa shape index (κ2) is 9.28. The van der Waals surface area contributed by atoms with Crippen molar-refractivity contribution < 1.29 is 18.3 Å². The molecule has 0 amide bonds. The number of carbonyl (C=O) groups is 1. The largest absolute Gasteiger partial charge is 0.478 e. The second-order valence-corrected chi connectivity index (χ2v) is 9.85. The second-order valence-electron chi connectivity index (χ2n) is 7.53. The normalized spacial score (nSPS) is 16.2. The number of carboxylic acids is 1. The molecule has 1 atom stereocenters. The van der Waals surface area contributed by atoms with Crippen molar-refractivity contribution in [3.05, 3.63) is 64.7 Å². The molecule has 0 saturated heterocycles. The number of aromatic carboxylic acids is 1. The maximum absolute atomic E-state index is 13.6. The number of sulfonamides is 1. The van der Waals surface area contributed by atoms with E-state index in [1.54, 1.807) is 40.7 Å². The van der Waals surface area contributed by atoms with Gasteiger partial charge in [0.05, 0.1) is 10.5 Å². The number of hydrogen-bond acceptors (Lipinski definition) is 3. The van der Waals surface area contributed by atoms with Gasteiger partial charge in [-0.2, -0.15) is 4.31 Å². The highest BCUT2D eigenvalue weighted by molar-refractivity contribution is 7.89. The van der Waals surface area contributed by atoms with E-state index in [0.717, 1.165) is 37.7 Å². The third-order valence-corrected chi connectivity index (χ3v) is 7.83. The fourth-order valence-electron chi connectivity index (χ4n) is 4.17. The lowest BCUT2D eigenvalue weighted by Gasteiger charge is -2.34. The van der Waals surface area contributed by atoms with Gasteiger partial charge in [-0.05, 0) is 67.1 Å². The summed E-state index contributed by atoms with van der Waals surface area (Å²) in [4.78, 5) is 11.3. The summed E-state index contributed by atoms with van der Waals surface area (Å²) in [6.45, 7) is 2.24. The van der Waals surface area contributed by atoms with Crippen LogP contribution < -0.4 is 0 Å². The molecule has 1 aliphatic carbocycles. The zero-order valence-electron chi connectivity index (χ0n) is 16.4. The van der Waals surface area contributed by atoms with Crippen LogP contribution >= 0.6 is 11.6 Å². The Balaban J connectivity index is 1.98. The first kappa shape index (κ1) is 21.8. The van der Waals surface area contributed by atoms with E-state index in [4.69, 9.17) is 16.7 Å². The van der Waals surface area contributed by atoms with Crippen LogP contribution in [-0.4, -0.2) is 29.8 Å². The van der Waals surface area contributed by atoms with E-state index >= 15 is 0 Å². The molecule has 2 aromatic rings. The molecule has 156 valence electrons. The fourth-order valence-corrected chi connectivity index (χ4v) is 6.04. The number of hydrogen-bond donors (Lipinski definition) is 1. The van der Waals surface area contributed by atoms with E-state index in [2.05, 4.69) is 0 Å². The average molecular weight is 436 g/mol. The Kier molecular flexibility index (Phi) is 6.98. The van der Waals surface area contributed by atoms with E-state index in [9.17, 15) is 13.2 Å². The summed E-state index contributed by atoms with van der Waals surface area (Å²) in [5.41, 5.74) is 0.952. The summed E-state index contributed by atoms with van der Waals surface area (Å²) in [6.07, 6.45) is 5.05. The van der Waals surface area contributed by atoms with Gasteiger partial charge in [0.2, 0.25) is 10.0 Å². The van der Waals surface area contributed by atoms with Crippen LogP contribution in [-0.2, 0) is 16.6 Å². The molecule has 29 heavy (non-hydrogen) atoms. The molecule has 0 radical (unpaired) electrons. The predicted molar refractivity (Wildman–Crippen MR) is 114 cm³/mol. The summed E-state index contributed by atoms with van der Waals surface area (Å²) in [6, 6.07) is 12.6. The molecular weight excluding hydrogens is 410 g/mol. The summed E-state index contributed by atoms with van der Waals surface area (Å²) >= 11 is 5.95. The maximum atomic E-state index is 13.6.